The Labute approximate surface area is 217 Å². The zero-order valence-electron chi connectivity index (χ0n) is 21.3. The Balaban J connectivity index is 1.46. The molecule has 0 spiro atoms. The second-order valence-corrected chi connectivity index (χ2v) is 10.2. The second kappa shape index (κ2) is 12.2. The summed E-state index contributed by atoms with van der Waals surface area (Å²) in [6.45, 7) is 3.25. The molecule has 5 rings (SSSR count). The summed E-state index contributed by atoms with van der Waals surface area (Å²) in [5.74, 6) is 1.35. The highest BCUT2D eigenvalue weighted by Crippen LogP contribution is 2.37. The molecule has 0 radical (unpaired) electrons. The standard InChI is InChI=1S/C34H38N2/c1-36(25-23-32(27-14-6-2-7-15-27)28-16-8-3-9-17-28)34(31-22-24-35-26-31)33(29-18-10-4-11-19-29)30-20-12-5-13-21-30/h2-21,31-35H,22-26H2,1H3. The molecule has 0 aliphatic carbocycles. The van der Waals surface area contributed by atoms with Crippen LogP contribution in [0.1, 0.15) is 46.9 Å². The summed E-state index contributed by atoms with van der Waals surface area (Å²) < 4.78 is 0. The Morgan fingerprint density at radius 2 is 1.11 bits per heavy atom. The van der Waals surface area contributed by atoms with E-state index >= 15 is 0 Å². The van der Waals surface area contributed by atoms with Crippen LogP contribution < -0.4 is 5.32 Å². The number of nitrogens with one attached hydrogen (secondary N) is 1. The first-order valence-electron chi connectivity index (χ1n) is 13.4. The van der Waals surface area contributed by atoms with Crippen molar-refractivity contribution >= 4 is 0 Å². The van der Waals surface area contributed by atoms with E-state index in [1.54, 1.807) is 0 Å². The lowest BCUT2D eigenvalue weighted by atomic mass is 9.77. The van der Waals surface area contributed by atoms with Crippen molar-refractivity contribution in [1.82, 2.24) is 10.2 Å². The van der Waals surface area contributed by atoms with Crippen molar-refractivity contribution in [3.05, 3.63) is 144 Å². The van der Waals surface area contributed by atoms with E-state index in [1.807, 2.05) is 0 Å². The Morgan fingerprint density at radius 1 is 0.667 bits per heavy atom. The van der Waals surface area contributed by atoms with Crippen molar-refractivity contribution in [3.63, 3.8) is 0 Å². The molecule has 1 heterocycles. The van der Waals surface area contributed by atoms with Crippen LogP contribution in [0, 0.1) is 5.92 Å². The molecule has 0 saturated carbocycles. The molecule has 1 aliphatic rings. The first-order valence-corrected chi connectivity index (χ1v) is 13.4. The van der Waals surface area contributed by atoms with Gasteiger partial charge in [0.05, 0.1) is 0 Å². The predicted octanol–water partition coefficient (Wildman–Crippen LogP) is 6.95. The van der Waals surface area contributed by atoms with Crippen LogP contribution >= 0.6 is 0 Å². The van der Waals surface area contributed by atoms with Crippen LogP contribution in [0.25, 0.3) is 0 Å². The third-order valence-corrected chi connectivity index (χ3v) is 7.92. The van der Waals surface area contributed by atoms with E-state index in [0.29, 0.717) is 23.8 Å². The lowest BCUT2D eigenvalue weighted by Gasteiger charge is -2.40. The molecule has 36 heavy (non-hydrogen) atoms. The van der Waals surface area contributed by atoms with Crippen molar-refractivity contribution in [2.45, 2.75) is 30.7 Å². The van der Waals surface area contributed by atoms with Gasteiger partial charge in [-0.25, -0.2) is 0 Å². The molecule has 184 valence electrons. The maximum atomic E-state index is 3.66. The molecule has 4 aromatic carbocycles. The molecular formula is C34H38N2. The van der Waals surface area contributed by atoms with Crippen LogP contribution in [-0.2, 0) is 0 Å². The van der Waals surface area contributed by atoms with Gasteiger partial charge in [-0.15, -0.1) is 0 Å². The number of benzene rings is 4. The summed E-state index contributed by atoms with van der Waals surface area (Å²) in [5.41, 5.74) is 5.63. The summed E-state index contributed by atoms with van der Waals surface area (Å²) in [6.07, 6.45) is 2.32. The van der Waals surface area contributed by atoms with E-state index in [2.05, 4.69) is 139 Å². The molecule has 0 aromatic heterocycles. The first kappa shape index (κ1) is 24.5. The molecule has 1 saturated heterocycles. The van der Waals surface area contributed by atoms with Crippen molar-refractivity contribution < 1.29 is 0 Å². The fraction of sp³-hybridized carbons (Fsp3) is 0.294. The summed E-state index contributed by atoms with van der Waals surface area (Å²) >= 11 is 0. The normalized spacial score (nSPS) is 16.6. The van der Waals surface area contributed by atoms with Gasteiger partial charge in [0.25, 0.3) is 0 Å². The van der Waals surface area contributed by atoms with Crippen molar-refractivity contribution in [2.24, 2.45) is 5.92 Å². The molecular weight excluding hydrogens is 436 g/mol. The van der Waals surface area contributed by atoms with Crippen LogP contribution in [0.3, 0.4) is 0 Å². The number of hydrogen-bond donors (Lipinski definition) is 1. The van der Waals surface area contributed by atoms with Crippen LogP contribution in [0.4, 0.5) is 0 Å². The largest absolute Gasteiger partial charge is 0.316 e. The molecule has 1 N–H and O–H groups in total. The molecule has 1 aliphatic heterocycles. The first-order chi connectivity index (χ1) is 17.8. The molecule has 1 fully saturated rings. The van der Waals surface area contributed by atoms with Gasteiger partial charge in [-0.2, -0.15) is 0 Å². The summed E-state index contributed by atoms with van der Waals surface area (Å²) in [7, 11) is 2.36. The Bertz CT molecular complexity index is 1080. The minimum absolute atomic E-state index is 0.342. The van der Waals surface area contributed by atoms with Gasteiger partial charge in [0.2, 0.25) is 0 Å². The van der Waals surface area contributed by atoms with Crippen molar-refractivity contribution in [1.29, 1.82) is 0 Å². The lowest BCUT2D eigenvalue weighted by molar-refractivity contribution is 0.161. The van der Waals surface area contributed by atoms with E-state index in [-0.39, 0.29) is 0 Å². The summed E-state index contributed by atoms with van der Waals surface area (Å²) in [4.78, 5) is 2.67. The Hall–Kier alpha value is -3.20. The zero-order chi connectivity index (χ0) is 24.6. The molecule has 2 nitrogen and oxygen atoms in total. The highest BCUT2D eigenvalue weighted by molar-refractivity contribution is 5.35. The fourth-order valence-electron chi connectivity index (χ4n) is 6.14. The third kappa shape index (κ3) is 5.78. The smallest absolute Gasteiger partial charge is 0.0248 e. The third-order valence-electron chi connectivity index (χ3n) is 7.92. The molecule has 4 aromatic rings. The van der Waals surface area contributed by atoms with Crippen LogP contribution in [0.5, 0.6) is 0 Å². The van der Waals surface area contributed by atoms with Crippen molar-refractivity contribution in [2.75, 3.05) is 26.7 Å². The van der Waals surface area contributed by atoms with Gasteiger partial charge in [0.15, 0.2) is 0 Å². The average Bonchev–Trinajstić information content (AvgIpc) is 3.48. The average molecular weight is 475 g/mol. The predicted molar refractivity (Wildman–Crippen MR) is 151 cm³/mol. The van der Waals surface area contributed by atoms with E-state index < -0.39 is 0 Å². The van der Waals surface area contributed by atoms with Crippen LogP contribution in [0.15, 0.2) is 121 Å². The molecule has 0 bridgehead atoms. The SMILES string of the molecule is CN(CCC(c1ccccc1)c1ccccc1)C(C1CCNC1)C(c1ccccc1)c1ccccc1. The van der Waals surface area contributed by atoms with Gasteiger partial charge in [0, 0.05) is 17.9 Å². The number of hydrogen-bond acceptors (Lipinski definition) is 2. The molecule has 2 heteroatoms. The van der Waals surface area contributed by atoms with E-state index in [1.165, 1.54) is 28.7 Å². The Morgan fingerprint density at radius 3 is 1.53 bits per heavy atom. The molecule has 2 atom stereocenters. The zero-order valence-corrected chi connectivity index (χ0v) is 21.3. The Kier molecular flexibility index (Phi) is 8.28. The van der Waals surface area contributed by atoms with E-state index in [4.69, 9.17) is 0 Å². The van der Waals surface area contributed by atoms with Crippen molar-refractivity contribution in [3.8, 4) is 0 Å². The number of nitrogens with zero attached hydrogens (tertiary/aromatic N) is 1. The van der Waals surface area contributed by atoms with Gasteiger partial charge in [-0.1, -0.05) is 121 Å². The van der Waals surface area contributed by atoms with E-state index in [0.717, 1.165) is 26.1 Å². The summed E-state index contributed by atoms with van der Waals surface area (Å²) in [5, 5.41) is 3.66. The van der Waals surface area contributed by atoms with Gasteiger partial charge in [-0.05, 0) is 67.7 Å². The maximum Gasteiger partial charge on any atom is 0.0248 e. The van der Waals surface area contributed by atoms with E-state index in [9.17, 15) is 0 Å². The maximum absolute atomic E-state index is 3.66. The highest BCUT2D eigenvalue weighted by Gasteiger charge is 2.36. The highest BCUT2D eigenvalue weighted by atomic mass is 15.1. The number of likely N-dealkylation sites (N-methyl/N-ethyl adjacent to an activating group) is 1. The summed E-state index contributed by atoms with van der Waals surface area (Å²) in [6, 6.07) is 44.8. The van der Waals surface area contributed by atoms with Gasteiger partial charge in [0.1, 0.15) is 0 Å². The quantitative estimate of drug-likeness (QED) is 0.267. The van der Waals surface area contributed by atoms with Gasteiger partial charge in [-0.3, -0.25) is 0 Å². The monoisotopic (exact) mass is 474 g/mol. The van der Waals surface area contributed by atoms with Gasteiger partial charge < -0.3 is 10.2 Å². The second-order valence-electron chi connectivity index (χ2n) is 10.2. The van der Waals surface area contributed by atoms with Gasteiger partial charge >= 0.3 is 0 Å². The lowest BCUT2D eigenvalue weighted by Crippen LogP contribution is -2.44. The minimum Gasteiger partial charge on any atom is -0.316 e. The molecule has 0 amide bonds. The topological polar surface area (TPSA) is 15.3 Å². The fourth-order valence-corrected chi connectivity index (χ4v) is 6.14. The van der Waals surface area contributed by atoms with Crippen LogP contribution in [-0.4, -0.2) is 37.6 Å². The van der Waals surface area contributed by atoms with Crippen LogP contribution in [0.2, 0.25) is 0 Å². The number of rotatable bonds is 10. The molecule has 2 unspecified atom stereocenters. The minimum atomic E-state index is 0.342.